The molecular formula is C23H35N5. The fourth-order valence-corrected chi connectivity index (χ4v) is 4.41. The maximum Gasteiger partial charge on any atom is 0.112 e. The summed E-state index contributed by atoms with van der Waals surface area (Å²) in [5, 5.41) is 3.49. The van der Waals surface area contributed by atoms with Gasteiger partial charge in [0.15, 0.2) is 0 Å². The van der Waals surface area contributed by atoms with Crippen LogP contribution in [0.5, 0.6) is 0 Å². The van der Waals surface area contributed by atoms with Crippen molar-refractivity contribution in [1.29, 1.82) is 0 Å². The molecule has 0 spiro atoms. The van der Waals surface area contributed by atoms with Gasteiger partial charge >= 0.3 is 0 Å². The number of imidazole rings is 1. The fourth-order valence-electron chi connectivity index (χ4n) is 4.41. The Morgan fingerprint density at radius 1 is 1.11 bits per heavy atom. The quantitative estimate of drug-likeness (QED) is 0.856. The summed E-state index contributed by atoms with van der Waals surface area (Å²) < 4.78 is 2.45. The lowest BCUT2D eigenvalue weighted by atomic mass is 9.90. The highest BCUT2D eigenvalue weighted by atomic mass is 15.2. The van der Waals surface area contributed by atoms with E-state index in [1.54, 1.807) is 0 Å². The van der Waals surface area contributed by atoms with E-state index in [2.05, 4.69) is 58.9 Å². The van der Waals surface area contributed by atoms with Crippen LogP contribution < -0.4 is 5.32 Å². The molecule has 28 heavy (non-hydrogen) atoms. The molecule has 0 aliphatic carbocycles. The molecule has 0 aromatic carbocycles. The summed E-state index contributed by atoms with van der Waals surface area (Å²) in [6.45, 7) is 13.5. The van der Waals surface area contributed by atoms with Gasteiger partial charge in [0.05, 0.1) is 5.69 Å². The van der Waals surface area contributed by atoms with Gasteiger partial charge in [0.25, 0.3) is 0 Å². The van der Waals surface area contributed by atoms with E-state index in [0.717, 1.165) is 37.6 Å². The van der Waals surface area contributed by atoms with E-state index in [4.69, 9.17) is 4.98 Å². The van der Waals surface area contributed by atoms with Crippen LogP contribution in [-0.4, -0.2) is 52.2 Å². The smallest absolute Gasteiger partial charge is 0.112 e. The highest BCUT2D eigenvalue weighted by Gasteiger charge is 2.23. The summed E-state index contributed by atoms with van der Waals surface area (Å²) >= 11 is 0. The van der Waals surface area contributed by atoms with Gasteiger partial charge in [-0.05, 0) is 64.0 Å². The van der Waals surface area contributed by atoms with Crippen LogP contribution in [0.2, 0.25) is 0 Å². The van der Waals surface area contributed by atoms with Crippen molar-refractivity contribution < 1.29 is 0 Å². The third-order valence-electron chi connectivity index (χ3n) is 6.19. The molecule has 0 atom stereocenters. The first-order valence-corrected chi connectivity index (χ1v) is 11.0. The molecule has 2 aliphatic rings. The summed E-state index contributed by atoms with van der Waals surface area (Å²) in [6.07, 6.45) is 9.29. The van der Waals surface area contributed by atoms with Gasteiger partial charge in [-0.2, -0.15) is 0 Å². The van der Waals surface area contributed by atoms with Crippen LogP contribution >= 0.6 is 0 Å². The number of nitrogens with one attached hydrogen (secondary N) is 1. The molecule has 2 aromatic heterocycles. The maximum absolute atomic E-state index is 5.16. The average molecular weight is 382 g/mol. The maximum atomic E-state index is 5.16. The molecule has 4 heterocycles. The first-order valence-electron chi connectivity index (χ1n) is 11.0. The highest BCUT2D eigenvalue weighted by Crippen LogP contribution is 2.30. The molecule has 5 nitrogen and oxygen atoms in total. The van der Waals surface area contributed by atoms with Crippen molar-refractivity contribution in [2.45, 2.75) is 64.3 Å². The van der Waals surface area contributed by atoms with Gasteiger partial charge in [0.2, 0.25) is 0 Å². The Morgan fingerprint density at radius 3 is 2.57 bits per heavy atom. The van der Waals surface area contributed by atoms with Gasteiger partial charge in [0.1, 0.15) is 5.82 Å². The van der Waals surface area contributed by atoms with Crippen molar-refractivity contribution in [3.63, 3.8) is 0 Å². The van der Waals surface area contributed by atoms with Gasteiger partial charge < -0.3 is 14.8 Å². The zero-order chi connectivity index (χ0) is 19.6. The average Bonchev–Trinajstić information content (AvgIpc) is 3.36. The van der Waals surface area contributed by atoms with Crippen LogP contribution in [0.15, 0.2) is 24.5 Å². The molecule has 1 N–H and O–H groups in total. The molecule has 0 saturated carbocycles. The first-order chi connectivity index (χ1) is 13.5. The van der Waals surface area contributed by atoms with Gasteiger partial charge in [-0.15, -0.1) is 0 Å². The summed E-state index contributed by atoms with van der Waals surface area (Å²) in [6, 6.07) is 4.33. The van der Waals surface area contributed by atoms with Crippen LogP contribution in [0.25, 0.3) is 11.3 Å². The molecular weight excluding hydrogens is 346 g/mol. The predicted molar refractivity (Wildman–Crippen MR) is 115 cm³/mol. The molecule has 2 aromatic rings. The number of hydrogen-bond acceptors (Lipinski definition) is 4. The number of likely N-dealkylation sites (tertiary alicyclic amines) is 1. The molecule has 0 amide bonds. The predicted octanol–water partition coefficient (Wildman–Crippen LogP) is 3.81. The Kier molecular flexibility index (Phi) is 5.83. The Labute approximate surface area is 169 Å². The van der Waals surface area contributed by atoms with E-state index in [9.17, 15) is 0 Å². The number of nitrogens with zero attached hydrogens (tertiary/aromatic N) is 4. The molecule has 5 heteroatoms. The zero-order valence-corrected chi connectivity index (χ0v) is 17.7. The van der Waals surface area contributed by atoms with E-state index in [1.165, 1.54) is 50.2 Å². The van der Waals surface area contributed by atoms with Crippen molar-refractivity contribution in [1.82, 2.24) is 24.8 Å². The SMILES string of the molecule is CC(C)(C)c1cc(-c2cn(CCN3CCCC3)c(C3CCNCC3)n2)ccn1. The summed E-state index contributed by atoms with van der Waals surface area (Å²) in [5.74, 6) is 1.85. The molecule has 2 saturated heterocycles. The highest BCUT2D eigenvalue weighted by molar-refractivity contribution is 5.59. The van der Waals surface area contributed by atoms with Crippen molar-refractivity contribution in [3.8, 4) is 11.3 Å². The number of pyridine rings is 1. The van der Waals surface area contributed by atoms with Gasteiger partial charge in [-0.1, -0.05) is 20.8 Å². The Balaban J connectivity index is 1.62. The van der Waals surface area contributed by atoms with Crippen molar-refractivity contribution in [2.75, 3.05) is 32.7 Å². The molecule has 4 rings (SSSR count). The number of rotatable bonds is 5. The van der Waals surface area contributed by atoms with E-state index < -0.39 is 0 Å². The molecule has 0 radical (unpaired) electrons. The third-order valence-corrected chi connectivity index (χ3v) is 6.19. The van der Waals surface area contributed by atoms with Gasteiger partial charge in [-0.3, -0.25) is 4.98 Å². The molecule has 2 fully saturated rings. The van der Waals surface area contributed by atoms with Crippen LogP contribution in [-0.2, 0) is 12.0 Å². The minimum Gasteiger partial charge on any atom is -0.333 e. The van der Waals surface area contributed by atoms with Crippen LogP contribution in [0.3, 0.4) is 0 Å². The lowest BCUT2D eigenvalue weighted by molar-refractivity contribution is 0.316. The second-order valence-electron chi connectivity index (χ2n) is 9.43. The van der Waals surface area contributed by atoms with Crippen molar-refractivity contribution in [3.05, 3.63) is 36.0 Å². The number of aromatic nitrogens is 3. The summed E-state index contributed by atoms with van der Waals surface area (Å²) in [4.78, 5) is 12.3. The van der Waals surface area contributed by atoms with Crippen molar-refractivity contribution in [2.24, 2.45) is 0 Å². The van der Waals surface area contributed by atoms with E-state index in [-0.39, 0.29) is 5.41 Å². The molecule has 152 valence electrons. The standard InChI is InChI=1S/C23H35N5/c1-23(2,3)21-16-19(8-11-25-21)20-17-28(15-14-27-12-4-5-13-27)22(26-20)18-6-9-24-10-7-18/h8,11,16-18,24H,4-7,9-10,12-15H2,1-3H3. The molecule has 2 aliphatic heterocycles. The van der Waals surface area contributed by atoms with Gasteiger partial charge in [-0.25, -0.2) is 4.98 Å². The number of hydrogen-bond donors (Lipinski definition) is 1. The minimum absolute atomic E-state index is 0.0478. The number of piperidine rings is 1. The third kappa shape index (κ3) is 4.47. The van der Waals surface area contributed by atoms with Crippen LogP contribution in [0.4, 0.5) is 0 Å². The Hall–Kier alpha value is -1.72. The molecule has 0 bridgehead atoms. The summed E-state index contributed by atoms with van der Waals surface area (Å²) in [7, 11) is 0. The molecule has 0 unspecified atom stereocenters. The Morgan fingerprint density at radius 2 is 1.86 bits per heavy atom. The second-order valence-corrected chi connectivity index (χ2v) is 9.43. The fraction of sp³-hybridized carbons (Fsp3) is 0.652. The monoisotopic (exact) mass is 381 g/mol. The normalized spacial score (nSPS) is 19.4. The summed E-state index contributed by atoms with van der Waals surface area (Å²) in [5.41, 5.74) is 3.46. The lowest BCUT2D eigenvalue weighted by Gasteiger charge is -2.24. The minimum atomic E-state index is 0.0478. The Bertz CT molecular complexity index is 777. The lowest BCUT2D eigenvalue weighted by Crippen LogP contribution is -2.29. The van der Waals surface area contributed by atoms with E-state index in [1.807, 2.05) is 6.20 Å². The van der Waals surface area contributed by atoms with Crippen LogP contribution in [0, 0.1) is 0 Å². The zero-order valence-electron chi connectivity index (χ0n) is 17.7. The van der Waals surface area contributed by atoms with E-state index in [0.29, 0.717) is 5.92 Å². The van der Waals surface area contributed by atoms with Crippen LogP contribution in [0.1, 0.15) is 63.9 Å². The second kappa shape index (κ2) is 8.34. The van der Waals surface area contributed by atoms with Crippen molar-refractivity contribution >= 4 is 0 Å². The van der Waals surface area contributed by atoms with E-state index >= 15 is 0 Å². The largest absolute Gasteiger partial charge is 0.333 e. The topological polar surface area (TPSA) is 46.0 Å². The van der Waals surface area contributed by atoms with Gasteiger partial charge in [0, 0.05) is 48.1 Å². The first kappa shape index (κ1) is 19.6.